The van der Waals surface area contributed by atoms with Gasteiger partial charge in [0.15, 0.2) is 0 Å². The van der Waals surface area contributed by atoms with Crippen molar-refractivity contribution in [3.8, 4) is 0 Å². The van der Waals surface area contributed by atoms with E-state index in [0.717, 1.165) is 23.8 Å². The van der Waals surface area contributed by atoms with E-state index >= 15 is 0 Å². The first-order chi connectivity index (χ1) is 15.8. The van der Waals surface area contributed by atoms with Crippen molar-refractivity contribution in [3.63, 3.8) is 0 Å². The summed E-state index contributed by atoms with van der Waals surface area (Å²) < 4.78 is 0. The second-order valence-electron chi connectivity index (χ2n) is 14.5. The number of fused-ring (bicyclic) bond motifs is 6. The summed E-state index contributed by atoms with van der Waals surface area (Å²) in [7, 11) is 0. The molecule has 2 heterocycles. The van der Waals surface area contributed by atoms with Crippen molar-refractivity contribution < 1.29 is 0 Å². The Morgan fingerprint density at radius 3 is 1.97 bits per heavy atom. The number of hydrogen-bond acceptors (Lipinski definition) is 1. The largest absolute Gasteiger partial charge is 0.294 e. The lowest BCUT2D eigenvalue weighted by molar-refractivity contribution is -0.0462. The van der Waals surface area contributed by atoms with Crippen LogP contribution in [0.1, 0.15) is 157 Å². The molecule has 0 aromatic rings. The second kappa shape index (κ2) is 10.9. The summed E-state index contributed by atoms with van der Waals surface area (Å²) in [6, 6.07) is 0.878. The minimum Gasteiger partial charge on any atom is -0.294 e. The van der Waals surface area contributed by atoms with Crippen LogP contribution < -0.4 is 0 Å². The Kier molecular flexibility index (Phi) is 8.62. The lowest BCUT2D eigenvalue weighted by Gasteiger charge is -2.53. The second-order valence-corrected chi connectivity index (χ2v) is 14.5. The fourth-order valence-electron chi connectivity index (χ4n) is 9.07. The zero-order valence-electron chi connectivity index (χ0n) is 23.4. The quantitative estimate of drug-likeness (QED) is 0.350. The summed E-state index contributed by atoms with van der Waals surface area (Å²) in [4.78, 5) is 3.14. The van der Waals surface area contributed by atoms with Gasteiger partial charge in [0, 0.05) is 11.6 Å². The van der Waals surface area contributed by atoms with Gasteiger partial charge in [-0.2, -0.15) is 0 Å². The maximum absolute atomic E-state index is 3.14. The van der Waals surface area contributed by atoms with Crippen LogP contribution in [0.4, 0.5) is 0 Å². The molecule has 0 bridgehead atoms. The van der Waals surface area contributed by atoms with E-state index in [1.807, 2.05) is 0 Å². The Hall–Kier alpha value is -0.0400. The molecule has 1 nitrogen and oxygen atoms in total. The van der Waals surface area contributed by atoms with Crippen LogP contribution in [0, 0.1) is 28.6 Å². The Labute approximate surface area is 208 Å². The van der Waals surface area contributed by atoms with E-state index in [2.05, 4.69) is 39.5 Å². The molecule has 2 aliphatic heterocycles. The highest BCUT2D eigenvalue weighted by molar-refractivity contribution is 5.25. The molecule has 0 radical (unpaired) electrons. The number of rotatable bonds is 0. The van der Waals surface area contributed by atoms with Crippen LogP contribution in [0.25, 0.3) is 0 Å². The fraction of sp³-hybridized carbons (Fsp3) is 1.00. The minimum atomic E-state index is 0.496. The summed E-state index contributed by atoms with van der Waals surface area (Å²) in [6.07, 6.45) is 28.1. The molecule has 1 heteroatoms. The Morgan fingerprint density at radius 1 is 0.606 bits per heavy atom. The lowest BCUT2D eigenvalue weighted by atomic mass is 9.65. The third-order valence-corrected chi connectivity index (χ3v) is 11.5. The topological polar surface area (TPSA) is 3.24 Å². The van der Waals surface area contributed by atoms with E-state index in [-0.39, 0.29) is 0 Å². The predicted octanol–water partition coefficient (Wildman–Crippen LogP) is 9.78. The van der Waals surface area contributed by atoms with Gasteiger partial charge < -0.3 is 0 Å². The van der Waals surface area contributed by atoms with Crippen molar-refractivity contribution in [2.24, 2.45) is 28.6 Å². The van der Waals surface area contributed by atoms with E-state index in [9.17, 15) is 0 Å². The average molecular weight is 458 g/mol. The molecule has 33 heavy (non-hydrogen) atoms. The van der Waals surface area contributed by atoms with E-state index in [0.29, 0.717) is 16.4 Å². The summed E-state index contributed by atoms with van der Waals surface area (Å²) >= 11 is 0. The van der Waals surface area contributed by atoms with Crippen LogP contribution >= 0.6 is 0 Å². The van der Waals surface area contributed by atoms with Crippen LogP contribution in [0.3, 0.4) is 0 Å². The predicted molar refractivity (Wildman–Crippen MR) is 145 cm³/mol. The maximum atomic E-state index is 3.14. The van der Waals surface area contributed by atoms with Crippen molar-refractivity contribution >= 4 is 0 Å². The van der Waals surface area contributed by atoms with Gasteiger partial charge in [-0.15, -0.1) is 0 Å². The lowest BCUT2D eigenvalue weighted by Crippen LogP contribution is -2.57. The summed E-state index contributed by atoms with van der Waals surface area (Å²) in [5.41, 5.74) is 1.63. The molecule has 0 amide bonds. The standard InChI is InChI=1S/C32H59N/c1-26-17-10-7-6-8-11-19-27-28(20-14-13-18-26)31(4)25-32(31,5)33-24-16-23-30(2,3)22-15-9-12-21-29(27)33/h26-29H,6-25H2,1-5H3. The first kappa shape index (κ1) is 26.0. The van der Waals surface area contributed by atoms with Crippen molar-refractivity contribution in [2.75, 3.05) is 6.54 Å². The van der Waals surface area contributed by atoms with Crippen LogP contribution in [0.2, 0.25) is 0 Å². The van der Waals surface area contributed by atoms with Crippen LogP contribution in [-0.4, -0.2) is 23.0 Å². The van der Waals surface area contributed by atoms with Gasteiger partial charge in [-0.3, -0.25) is 4.90 Å². The van der Waals surface area contributed by atoms with Gasteiger partial charge in [0.25, 0.3) is 0 Å². The first-order valence-corrected chi connectivity index (χ1v) is 15.5. The summed E-state index contributed by atoms with van der Waals surface area (Å²) in [6.45, 7) is 14.4. The Bertz CT molecular complexity index is 610. The third kappa shape index (κ3) is 5.86. The molecule has 0 aromatic carbocycles. The average Bonchev–Trinajstić information content (AvgIpc) is 3.35. The molecule has 0 aromatic heterocycles. The fourth-order valence-corrected chi connectivity index (χ4v) is 9.07. The molecule has 0 spiro atoms. The first-order valence-electron chi connectivity index (χ1n) is 15.5. The number of nitrogens with zero attached hydrogens (tertiary/aromatic N) is 1. The highest BCUT2D eigenvalue weighted by atomic mass is 15.3. The van der Waals surface area contributed by atoms with Crippen LogP contribution in [0.15, 0.2) is 0 Å². The number of piperidine rings is 1. The summed E-state index contributed by atoms with van der Waals surface area (Å²) in [5, 5.41) is 0. The highest BCUT2D eigenvalue weighted by Gasteiger charge is 2.72. The molecule has 2 saturated carbocycles. The van der Waals surface area contributed by atoms with Gasteiger partial charge in [-0.05, 0) is 87.0 Å². The molecule has 4 aliphatic rings. The van der Waals surface area contributed by atoms with Gasteiger partial charge in [-0.25, -0.2) is 0 Å². The zero-order valence-corrected chi connectivity index (χ0v) is 23.4. The zero-order chi connectivity index (χ0) is 23.5. The molecule has 4 fully saturated rings. The Balaban J connectivity index is 1.54. The van der Waals surface area contributed by atoms with Gasteiger partial charge in [0.2, 0.25) is 0 Å². The van der Waals surface area contributed by atoms with Crippen molar-refractivity contribution in [1.29, 1.82) is 0 Å². The smallest absolute Gasteiger partial charge is 0.0247 e. The van der Waals surface area contributed by atoms with Crippen LogP contribution in [-0.2, 0) is 0 Å². The van der Waals surface area contributed by atoms with E-state index in [4.69, 9.17) is 0 Å². The molecule has 6 unspecified atom stereocenters. The van der Waals surface area contributed by atoms with Crippen LogP contribution in [0.5, 0.6) is 0 Å². The number of hydrogen-bond donors (Lipinski definition) is 0. The van der Waals surface area contributed by atoms with E-state index in [1.165, 1.54) is 129 Å². The Morgan fingerprint density at radius 2 is 1.18 bits per heavy atom. The third-order valence-electron chi connectivity index (χ3n) is 11.5. The molecule has 2 aliphatic carbocycles. The molecule has 192 valence electrons. The molecule has 0 N–H and O–H groups in total. The van der Waals surface area contributed by atoms with Crippen molar-refractivity contribution in [2.45, 2.75) is 168 Å². The van der Waals surface area contributed by atoms with Gasteiger partial charge in [0.1, 0.15) is 0 Å². The normalized spacial score (nSPS) is 44.3. The molecular weight excluding hydrogens is 398 g/mol. The molecule has 6 atom stereocenters. The van der Waals surface area contributed by atoms with Crippen molar-refractivity contribution in [3.05, 3.63) is 0 Å². The van der Waals surface area contributed by atoms with E-state index in [1.54, 1.807) is 0 Å². The minimum absolute atomic E-state index is 0.496. The summed E-state index contributed by atoms with van der Waals surface area (Å²) in [5.74, 6) is 2.92. The molecule has 4 rings (SSSR count). The van der Waals surface area contributed by atoms with Gasteiger partial charge in [0.05, 0.1) is 0 Å². The SMILES string of the molecule is CC1CCCCCCCC2C3CCCCCC(C)(C)CCCN3C3(C)CC3(C)C2CCCC1. The molecular formula is C32H59N. The monoisotopic (exact) mass is 457 g/mol. The highest BCUT2D eigenvalue weighted by Crippen LogP contribution is 2.71. The van der Waals surface area contributed by atoms with Gasteiger partial charge in [-0.1, -0.05) is 105 Å². The molecule has 2 saturated heterocycles. The maximum Gasteiger partial charge on any atom is 0.0247 e. The van der Waals surface area contributed by atoms with Gasteiger partial charge >= 0.3 is 0 Å². The van der Waals surface area contributed by atoms with E-state index < -0.39 is 0 Å². The van der Waals surface area contributed by atoms with Crippen molar-refractivity contribution in [1.82, 2.24) is 4.90 Å².